The van der Waals surface area contributed by atoms with Gasteiger partial charge in [-0.1, -0.05) is 19.9 Å². The average molecular weight is 436 g/mol. The summed E-state index contributed by atoms with van der Waals surface area (Å²) in [5.41, 5.74) is 4.63. The van der Waals surface area contributed by atoms with Gasteiger partial charge >= 0.3 is 0 Å². The molecule has 0 radical (unpaired) electrons. The van der Waals surface area contributed by atoms with Crippen LogP contribution in [-0.2, 0) is 17.9 Å². The summed E-state index contributed by atoms with van der Waals surface area (Å²) in [5, 5.41) is 10.9. The van der Waals surface area contributed by atoms with E-state index in [1.54, 1.807) is 13.3 Å². The van der Waals surface area contributed by atoms with Crippen LogP contribution in [0.25, 0.3) is 0 Å². The zero-order chi connectivity index (χ0) is 22.8. The number of pyridine rings is 2. The number of likely N-dealkylation sites (N-methyl/N-ethyl adjacent to an activating group) is 1. The Bertz CT molecular complexity index is 1110. The standard InChI is InChI=1S/C23H29N7O2/c1-14(2)22-23(31)28-21-15(3)27-19(8-18(21)29(22)4)24-10-17-11-26-30(13-17)12-16-6-7-20(32-5)25-9-16/h6-9,11,13-14,22H,10,12H2,1-5H3,(H,24,27)(H,28,31). The van der Waals surface area contributed by atoms with Crippen LogP contribution in [0.1, 0.15) is 30.7 Å². The summed E-state index contributed by atoms with van der Waals surface area (Å²) in [6.45, 7) is 7.25. The SMILES string of the molecule is COc1ccc(Cn2cc(CNc3cc4c(c(C)n3)NC(=O)C(C(C)C)N4C)cn2)cn1. The molecule has 0 fully saturated rings. The first-order valence-corrected chi connectivity index (χ1v) is 10.6. The first-order chi connectivity index (χ1) is 15.4. The number of hydrogen-bond donors (Lipinski definition) is 2. The topological polar surface area (TPSA) is 97.2 Å². The summed E-state index contributed by atoms with van der Waals surface area (Å²) in [6.07, 6.45) is 5.64. The molecular formula is C23H29N7O2. The number of methoxy groups -OCH3 is 1. The van der Waals surface area contributed by atoms with Crippen molar-refractivity contribution in [2.75, 3.05) is 29.7 Å². The minimum atomic E-state index is -0.206. The van der Waals surface area contributed by atoms with Crippen molar-refractivity contribution < 1.29 is 9.53 Å². The fourth-order valence-electron chi connectivity index (χ4n) is 4.04. The van der Waals surface area contributed by atoms with Crippen molar-refractivity contribution >= 4 is 23.1 Å². The maximum absolute atomic E-state index is 12.5. The van der Waals surface area contributed by atoms with Crippen molar-refractivity contribution in [2.24, 2.45) is 5.92 Å². The highest BCUT2D eigenvalue weighted by Gasteiger charge is 2.34. The van der Waals surface area contributed by atoms with Gasteiger partial charge in [-0.25, -0.2) is 9.97 Å². The van der Waals surface area contributed by atoms with Crippen molar-refractivity contribution in [3.8, 4) is 5.88 Å². The molecule has 1 unspecified atom stereocenters. The lowest BCUT2D eigenvalue weighted by Gasteiger charge is -2.38. The monoisotopic (exact) mass is 435 g/mol. The molecule has 0 saturated heterocycles. The Morgan fingerprint density at radius 1 is 1.25 bits per heavy atom. The molecule has 9 heteroatoms. The summed E-state index contributed by atoms with van der Waals surface area (Å²) >= 11 is 0. The van der Waals surface area contributed by atoms with Gasteiger partial charge in [-0.3, -0.25) is 9.48 Å². The third-order valence-corrected chi connectivity index (χ3v) is 5.64. The molecule has 1 amide bonds. The molecule has 0 aliphatic carbocycles. The van der Waals surface area contributed by atoms with Crippen LogP contribution in [0.2, 0.25) is 0 Å². The van der Waals surface area contributed by atoms with Gasteiger partial charge in [0.25, 0.3) is 0 Å². The molecule has 9 nitrogen and oxygen atoms in total. The number of aromatic nitrogens is 4. The van der Waals surface area contributed by atoms with Crippen LogP contribution in [0.3, 0.4) is 0 Å². The van der Waals surface area contributed by atoms with Crippen molar-refractivity contribution in [2.45, 2.75) is 39.9 Å². The van der Waals surface area contributed by atoms with E-state index in [4.69, 9.17) is 4.74 Å². The Balaban J connectivity index is 1.44. The summed E-state index contributed by atoms with van der Waals surface area (Å²) in [5.74, 6) is 1.57. The zero-order valence-electron chi connectivity index (χ0n) is 19.1. The molecular weight excluding hydrogens is 406 g/mol. The number of ether oxygens (including phenoxy) is 1. The van der Waals surface area contributed by atoms with Crippen molar-refractivity contribution in [3.63, 3.8) is 0 Å². The minimum Gasteiger partial charge on any atom is -0.481 e. The van der Waals surface area contributed by atoms with E-state index >= 15 is 0 Å². The number of anilines is 3. The van der Waals surface area contributed by atoms with E-state index in [2.05, 4.69) is 39.5 Å². The minimum absolute atomic E-state index is 0.0140. The van der Waals surface area contributed by atoms with Crippen molar-refractivity contribution in [1.29, 1.82) is 0 Å². The summed E-state index contributed by atoms with van der Waals surface area (Å²) < 4.78 is 6.98. The summed E-state index contributed by atoms with van der Waals surface area (Å²) in [6, 6.07) is 5.60. The Hall–Kier alpha value is -3.62. The number of nitrogens with one attached hydrogen (secondary N) is 2. The second kappa shape index (κ2) is 8.86. The summed E-state index contributed by atoms with van der Waals surface area (Å²) in [4.78, 5) is 23.4. The van der Waals surface area contributed by atoms with Gasteiger partial charge in [-0.2, -0.15) is 5.10 Å². The van der Waals surface area contributed by atoms with Crippen LogP contribution >= 0.6 is 0 Å². The van der Waals surface area contributed by atoms with Crippen LogP contribution in [0.4, 0.5) is 17.2 Å². The van der Waals surface area contributed by atoms with Crippen LogP contribution in [-0.4, -0.2) is 45.9 Å². The van der Waals surface area contributed by atoms with Gasteiger partial charge in [0.05, 0.1) is 36.9 Å². The smallest absolute Gasteiger partial charge is 0.247 e. The van der Waals surface area contributed by atoms with Crippen molar-refractivity contribution in [1.82, 2.24) is 19.7 Å². The second-order valence-corrected chi connectivity index (χ2v) is 8.38. The van der Waals surface area contributed by atoms with Gasteiger partial charge in [-0.15, -0.1) is 0 Å². The molecule has 0 aromatic carbocycles. The molecule has 0 saturated carbocycles. The van der Waals surface area contributed by atoms with Gasteiger partial charge in [0.15, 0.2) is 0 Å². The highest BCUT2D eigenvalue weighted by atomic mass is 16.5. The van der Waals surface area contributed by atoms with Crippen LogP contribution < -0.4 is 20.3 Å². The first-order valence-electron chi connectivity index (χ1n) is 10.6. The Morgan fingerprint density at radius 3 is 2.75 bits per heavy atom. The lowest BCUT2D eigenvalue weighted by Crippen LogP contribution is -2.49. The fraction of sp³-hybridized carbons (Fsp3) is 0.391. The molecule has 32 heavy (non-hydrogen) atoms. The molecule has 1 aliphatic heterocycles. The normalized spacial score (nSPS) is 15.5. The van der Waals surface area contributed by atoms with Crippen LogP contribution in [0.5, 0.6) is 5.88 Å². The molecule has 3 aromatic rings. The van der Waals surface area contributed by atoms with E-state index in [0.717, 1.165) is 34.0 Å². The molecule has 0 spiro atoms. The molecule has 4 heterocycles. The number of hydrogen-bond acceptors (Lipinski definition) is 7. The average Bonchev–Trinajstić information content (AvgIpc) is 3.21. The van der Waals surface area contributed by atoms with E-state index in [1.807, 2.05) is 54.1 Å². The molecule has 1 aliphatic rings. The number of rotatable bonds is 7. The number of carbonyl (C=O) groups excluding carboxylic acids is 1. The molecule has 168 valence electrons. The predicted octanol–water partition coefficient (Wildman–Crippen LogP) is 3.06. The number of aryl methyl sites for hydroxylation is 1. The second-order valence-electron chi connectivity index (χ2n) is 8.38. The number of carbonyl (C=O) groups is 1. The van der Waals surface area contributed by atoms with Gasteiger partial charge in [-0.05, 0) is 18.4 Å². The predicted molar refractivity (Wildman–Crippen MR) is 124 cm³/mol. The zero-order valence-corrected chi connectivity index (χ0v) is 19.1. The highest BCUT2D eigenvalue weighted by Crippen LogP contribution is 2.36. The van der Waals surface area contributed by atoms with E-state index < -0.39 is 0 Å². The fourth-order valence-corrected chi connectivity index (χ4v) is 4.04. The molecule has 2 N–H and O–H groups in total. The Kier molecular flexibility index (Phi) is 5.98. The van der Waals surface area contributed by atoms with Gasteiger partial charge in [0.2, 0.25) is 11.8 Å². The van der Waals surface area contributed by atoms with Crippen molar-refractivity contribution in [3.05, 3.63) is 53.6 Å². The molecule has 3 aromatic heterocycles. The third-order valence-electron chi connectivity index (χ3n) is 5.64. The van der Waals surface area contributed by atoms with E-state index in [9.17, 15) is 4.79 Å². The van der Waals surface area contributed by atoms with E-state index in [1.165, 1.54) is 0 Å². The maximum Gasteiger partial charge on any atom is 0.247 e. The first kappa shape index (κ1) is 21.6. The Morgan fingerprint density at radius 2 is 2.06 bits per heavy atom. The lowest BCUT2D eigenvalue weighted by atomic mass is 9.98. The Labute approximate surface area is 187 Å². The maximum atomic E-state index is 12.5. The molecule has 1 atom stereocenters. The van der Waals surface area contributed by atoms with Gasteiger partial charge < -0.3 is 20.3 Å². The quantitative estimate of drug-likeness (QED) is 0.589. The lowest BCUT2D eigenvalue weighted by molar-refractivity contribution is -0.118. The molecule has 0 bridgehead atoms. The molecule has 4 rings (SSSR count). The van der Waals surface area contributed by atoms with Crippen LogP contribution in [0, 0.1) is 12.8 Å². The highest BCUT2D eigenvalue weighted by molar-refractivity contribution is 6.04. The number of nitrogens with zero attached hydrogens (tertiary/aromatic N) is 5. The van der Waals surface area contributed by atoms with Gasteiger partial charge in [0.1, 0.15) is 11.9 Å². The largest absolute Gasteiger partial charge is 0.481 e. The van der Waals surface area contributed by atoms with E-state index in [0.29, 0.717) is 19.0 Å². The summed E-state index contributed by atoms with van der Waals surface area (Å²) in [7, 11) is 3.56. The van der Waals surface area contributed by atoms with Crippen LogP contribution in [0.15, 0.2) is 36.8 Å². The third kappa shape index (κ3) is 4.37. The van der Waals surface area contributed by atoms with E-state index in [-0.39, 0.29) is 17.9 Å². The van der Waals surface area contributed by atoms with Gasteiger partial charge in [0, 0.05) is 43.7 Å². The number of amides is 1. The number of fused-ring (bicyclic) bond motifs is 1.